The zero-order chi connectivity index (χ0) is 34.2. The third-order valence-corrected chi connectivity index (χ3v) is 7.33. The molecule has 0 saturated heterocycles. The number of carbonyl (C=O) groups excluding carboxylic acids is 3. The molecule has 9 N–H and O–H groups in total. The van der Waals surface area contributed by atoms with Crippen molar-refractivity contribution in [2.24, 2.45) is 58.6 Å². The molecule has 0 bridgehead atoms. The maximum Gasteiger partial charge on any atom is 0.307 e. The van der Waals surface area contributed by atoms with Crippen molar-refractivity contribution in [1.82, 2.24) is 0 Å². The van der Waals surface area contributed by atoms with E-state index < -0.39 is 36.7 Å². The first-order chi connectivity index (χ1) is 19.2. The maximum atomic E-state index is 10.6. The number of carboxylic acid groups (broad SMARTS) is 3. The summed E-state index contributed by atoms with van der Waals surface area (Å²) in [6.45, 7) is 18.2. The first-order valence-corrected chi connectivity index (χ1v) is 14.8. The molecule has 3 amide bonds. The topological polar surface area (TPSA) is 241 Å². The van der Waals surface area contributed by atoms with Gasteiger partial charge in [-0.1, -0.05) is 101 Å². The molecule has 0 aliphatic heterocycles. The zero-order valence-corrected chi connectivity index (χ0v) is 27.2. The van der Waals surface area contributed by atoms with Crippen molar-refractivity contribution < 1.29 is 44.1 Å². The van der Waals surface area contributed by atoms with Crippen LogP contribution in [0.25, 0.3) is 0 Å². The van der Waals surface area contributed by atoms with Crippen molar-refractivity contribution in [2.75, 3.05) is 0 Å². The molecule has 0 radical (unpaired) electrons. The molecular weight excluding hydrogens is 546 g/mol. The third-order valence-electron chi connectivity index (χ3n) is 7.33. The molecule has 0 fully saturated rings. The van der Waals surface area contributed by atoms with Crippen LogP contribution < -0.4 is 17.2 Å². The highest BCUT2D eigenvalue weighted by atomic mass is 16.4. The van der Waals surface area contributed by atoms with Gasteiger partial charge in [-0.3, -0.25) is 28.8 Å². The molecule has 0 heterocycles. The molecule has 0 aliphatic rings. The van der Waals surface area contributed by atoms with E-state index in [1.165, 1.54) is 0 Å². The summed E-state index contributed by atoms with van der Waals surface area (Å²) in [6, 6.07) is 0. The summed E-state index contributed by atoms with van der Waals surface area (Å²) in [4.78, 5) is 62.2. The van der Waals surface area contributed by atoms with Crippen molar-refractivity contribution in [2.45, 2.75) is 114 Å². The van der Waals surface area contributed by atoms with Gasteiger partial charge in [0.15, 0.2) is 0 Å². The lowest BCUT2D eigenvalue weighted by atomic mass is 9.91. The Morgan fingerprint density at radius 3 is 0.833 bits per heavy atom. The summed E-state index contributed by atoms with van der Waals surface area (Å²) in [5, 5.41) is 24.7. The minimum atomic E-state index is -1.40. The van der Waals surface area contributed by atoms with E-state index in [0.717, 1.165) is 38.5 Å². The number of primary amides is 3. The van der Waals surface area contributed by atoms with E-state index in [9.17, 15) is 28.8 Å². The summed E-state index contributed by atoms with van der Waals surface area (Å²) < 4.78 is 0. The molecule has 0 spiro atoms. The minimum absolute atomic E-state index is 0.0277. The summed E-state index contributed by atoms with van der Waals surface area (Å²) in [5.74, 6) is -4.54. The predicted octanol–water partition coefficient (Wildman–Crippen LogP) is 4.27. The van der Waals surface area contributed by atoms with Crippen LogP contribution in [0.15, 0.2) is 0 Å². The van der Waals surface area contributed by atoms with Gasteiger partial charge in [0.2, 0.25) is 17.7 Å². The van der Waals surface area contributed by atoms with Crippen LogP contribution in [0.4, 0.5) is 0 Å². The Bertz CT molecular complexity index is 722. The van der Waals surface area contributed by atoms with Gasteiger partial charge in [0.25, 0.3) is 0 Å². The molecule has 0 aliphatic carbocycles. The standard InChI is InChI=1S/3C8H17NO.C6H8O6/c3*1-4-5-6(2)7(3)8(9)10;7-4(8)1-3(6(11)12)2-5(9)10/h3*6-7H,4-5H2,1-3H3,(H2,9,10);3H,1-2H2,(H,7,8)(H,9,10)(H,11,12). The Labute approximate surface area is 252 Å². The normalized spacial score (nSPS) is 14.4. The fourth-order valence-corrected chi connectivity index (χ4v) is 3.63. The first-order valence-electron chi connectivity index (χ1n) is 14.8. The first kappa shape index (κ1) is 45.8. The number of carboxylic acids is 3. The second-order valence-corrected chi connectivity index (χ2v) is 11.1. The molecular formula is C30H59N3O9. The number of aliphatic carboxylic acids is 3. The summed E-state index contributed by atoms with van der Waals surface area (Å²) in [6.07, 6.45) is 5.30. The highest BCUT2D eigenvalue weighted by Gasteiger charge is 2.23. The van der Waals surface area contributed by atoms with Crippen LogP contribution in [0, 0.1) is 41.4 Å². The van der Waals surface area contributed by atoms with E-state index in [2.05, 4.69) is 41.5 Å². The van der Waals surface area contributed by atoms with Gasteiger partial charge in [0.1, 0.15) is 0 Å². The van der Waals surface area contributed by atoms with Gasteiger partial charge in [-0.25, -0.2) is 0 Å². The maximum absolute atomic E-state index is 10.6. The lowest BCUT2D eigenvalue weighted by molar-refractivity contribution is -0.152. The van der Waals surface area contributed by atoms with Crippen LogP contribution >= 0.6 is 0 Å². The van der Waals surface area contributed by atoms with Crippen molar-refractivity contribution in [3.63, 3.8) is 0 Å². The lowest BCUT2D eigenvalue weighted by Crippen LogP contribution is -2.25. The monoisotopic (exact) mass is 605 g/mol. The molecule has 0 aromatic carbocycles. The van der Waals surface area contributed by atoms with Gasteiger partial charge >= 0.3 is 17.9 Å². The molecule has 0 saturated carbocycles. The minimum Gasteiger partial charge on any atom is -0.481 e. The lowest BCUT2D eigenvalue weighted by Gasteiger charge is -2.14. The Kier molecular flexibility index (Phi) is 29.1. The van der Waals surface area contributed by atoms with Gasteiger partial charge < -0.3 is 32.5 Å². The molecule has 0 aromatic rings. The van der Waals surface area contributed by atoms with E-state index in [4.69, 9.17) is 32.5 Å². The van der Waals surface area contributed by atoms with E-state index in [-0.39, 0.29) is 35.5 Å². The predicted molar refractivity (Wildman–Crippen MR) is 163 cm³/mol. The second-order valence-electron chi connectivity index (χ2n) is 11.1. The van der Waals surface area contributed by atoms with Crippen molar-refractivity contribution in [1.29, 1.82) is 0 Å². The zero-order valence-electron chi connectivity index (χ0n) is 27.2. The van der Waals surface area contributed by atoms with Crippen LogP contribution in [-0.2, 0) is 28.8 Å². The summed E-state index contributed by atoms with van der Waals surface area (Å²) >= 11 is 0. The molecule has 0 aromatic heterocycles. The van der Waals surface area contributed by atoms with Crippen molar-refractivity contribution in [3.05, 3.63) is 0 Å². The van der Waals surface area contributed by atoms with Crippen LogP contribution in [0.3, 0.4) is 0 Å². The number of hydrogen-bond donors (Lipinski definition) is 6. The van der Waals surface area contributed by atoms with Crippen LogP contribution in [0.1, 0.15) is 114 Å². The van der Waals surface area contributed by atoms with Gasteiger partial charge in [-0.15, -0.1) is 0 Å². The molecule has 0 rings (SSSR count). The van der Waals surface area contributed by atoms with Gasteiger partial charge in [0, 0.05) is 17.8 Å². The Morgan fingerprint density at radius 1 is 0.500 bits per heavy atom. The van der Waals surface area contributed by atoms with Crippen molar-refractivity contribution >= 4 is 35.6 Å². The summed E-state index contributed by atoms with van der Waals surface area (Å²) in [7, 11) is 0. The number of nitrogens with two attached hydrogens (primary N) is 3. The third kappa shape index (κ3) is 27.0. The molecule has 42 heavy (non-hydrogen) atoms. The quantitative estimate of drug-likeness (QED) is 0.138. The smallest absolute Gasteiger partial charge is 0.307 e. The fraction of sp³-hybridized carbons (Fsp3) is 0.800. The second kappa shape index (κ2) is 26.7. The van der Waals surface area contributed by atoms with Crippen LogP contribution in [-0.4, -0.2) is 50.9 Å². The number of carbonyl (C=O) groups is 6. The fourth-order valence-electron chi connectivity index (χ4n) is 3.63. The molecule has 248 valence electrons. The molecule has 6 unspecified atom stereocenters. The van der Waals surface area contributed by atoms with E-state index >= 15 is 0 Å². The van der Waals surface area contributed by atoms with E-state index in [1.54, 1.807) is 0 Å². The van der Waals surface area contributed by atoms with Gasteiger partial charge in [-0.05, 0) is 17.8 Å². The van der Waals surface area contributed by atoms with Crippen LogP contribution in [0.5, 0.6) is 0 Å². The molecule has 12 nitrogen and oxygen atoms in total. The molecule has 12 heteroatoms. The highest BCUT2D eigenvalue weighted by molar-refractivity contribution is 5.82. The number of hydrogen-bond acceptors (Lipinski definition) is 6. The largest absolute Gasteiger partial charge is 0.481 e. The van der Waals surface area contributed by atoms with Crippen LogP contribution in [0.2, 0.25) is 0 Å². The average molecular weight is 606 g/mol. The Hall–Kier alpha value is -3.18. The Balaban J connectivity index is -0.000000230. The van der Waals surface area contributed by atoms with E-state index in [1.807, 2.05) is 20.8 Å². The van der Waals surface area contributed by atoms with Gasteiger partial charge in [-0.2, -0.15) is 0 Å². The SMILES string of the molecule is CCCC(C)C(C)C(N)=O.CCCC(C)C(C)C(N)=O.CCCC(C)C(C)C(N)=O.O=C(O)CC(CC(=O)O)C(=O)O. The Morgan fingerprint density at radius 2 is 0.714 bits per heavy atom. The number of amides is 3. The molecule has 6 atom stereocenters. The average Bonchev–Trinajstić information content (AvgIpc) is 2.87. The summed E-state index contributed by atoms with van der Waals surface area (Å²) in [5.41, 5.74) is 15.4. The van der Waals surface area contributed by atoms with Crippen molar-refractivity contribution in [3.8, 4) is 0 Å². The number of rotatable bonds is 17. The highest BCUT2D eigenvalue weighted by Crippen LogP contribution is 2.17. The van der Waals surface area contributed by atoms with Gasteiger partial charge in [0.05, 0.1) is 18.8 Å². The van der Waals surface area contributed by atoms with E-state index in [0.29, 0.717) is 17.8 Å².